The first-order valence-electron chi connectivity index (χ1n) is 7.76. The van der Waals surface area contributed by atoms with Gasteiger partial charge in [-0.25, -0.2) is 15.0 Å². The van der Waals surface area contributed by atoms with E-state index >= 15 is 0 Å². The highest BCUT2D eigenvalue weighted by molar-refractivity contribution is 7.13. The number of nitrogens with two attached hydrogens (primary N) is 1. The van der Waals surface area contributed by atoms with Crippen LogP contribution in [-0.4, -0.2) is 19.9 Å². The average molecular weight is 349 g/mol. The molecule has 0 aromatic carbocycles. The topological polar surface area (TPSA) is 90.7 Å². The van der Waals surface area contributed by atoms with E-state index in [2.05, 4.69) is 19.9 Å². The molecule has 0 aliphatic carbocycles. The standard InChI is InChI=1S/C18H15N5OS/c19-16-10-13(22-17(23-16)18-21-6-8-25-18)9-14(15-4-2-7-24-15)12-3-1-5-20-11-12/h1-8,10-11,14H,9H2,(H2,19,22,23). The first kappa shape index (κ1) is 15.5. The van der Waals surface area contributed by atoms with Crippen molar-refractivity contribution in [1.29, 1.82) is 0 Å². The van der Waals surface area contributed by atoms with Crippen molar-refractivity contribution in [2.24, 2.45) is 0 Å². The van der Waals surface area contributed by atoms with E-state index in [1.165, 1.54) is 11.3 Å². The van der Waals surface area contributed by atoms with E-state index < -0.39 is 0 Å². The lowest BCUT2D eigenvalue weighted by atomic mass is 9.93. The van der Waals surface area contributed by atoms with Gasteiger partial charge in [-0.1, -0.05) is 6.07 Å². The normalized spacial score (nSPS) is 12.2. The van der Waals surface area contributed by atoms with Gasteiger partial charge in [0.15, 0.2) is 10.8 Å². The van der Waals surface area contributed by atoms with Crippen molar-refractivity contribution in [3.8, 4) is 10.8 Å². The largest absolute Gasteiger partial charge is 0.469 e. The SMILES string of the molecule is Nc1cc(CC(c2cccnc2)c2ccco2)nc(-c2nccs2)n1. The molecule has 4 rings (SSSR count). The predicted molar refractivity (Wildman–Crippen MR) is 96.0 cm³/mol. The van der Waals surface area contributed by atoms with Crippen LogP contribution in [0.3, 0.4) is 0 Å². The second-order valence-electron chi connectivity index (χ2n) is 5.50. The van der Waals surface area contributed by atoms with Gasteiger partial charge in [-0.3, -0.25) is 4.98 Å². The summed E-state index contributed by atoms with van der Waals surface area (Å²) in [5.41, 5.74) is 7.89. The lowest BCUT2D eigenvalue weighted by molar-refractivity contribution is 0.482. The zero-order chi connectivity index (χ0) is 17.1. The molecule has 0 saturated heterocycles. The molecule has 4 aromatic rings. The van der Waals surface area contributed by atoms with Gasteiger partial charge in [0.2, 0.25) is 0 Å². The molecular weight excluding hydrogens is 334 g/mol. The quantitative estimate of drug-likeness (QED) is 0.592. The Hall–Kier alpha value is -3.06. The van der Waals surface area contributed by atoms with Crippen LogP contribution in [-0.2, 0) is 6.42 Å². The molecule has 0 saturated carbocycles. The highest BCUT2D eigenvalue weighted by Crippen LogP contribution is 2.29. The Bertz CT molecular complexity index is 939. The minimum absolute atomic E-state index is 0.00199. The fraction of sp³-hybridized carbons (Fsp3) is 0.111. The summed E-state index contributed by atoms with van der Waals surface area (Å²) in [7, 11) is 0. The summed E-state index contributed by atoms with van der Waals surface area (Å²) in [4.78, 5) is 17.4. The Morgan fingerprint density at radius 1 is 1.16 bits per heavy atom. The van der Waals surface area contributed by atoms with Crippen LogP contribution >= 0.6 is 11.3 Å². The van der Waals surface area contributed by atoms with Crippen molar-refractivity contribution >= 4 is 17.2 Å². The number of hydrogen-bond donors (Lipinski definition) is 1. The summed E-state index contributed by atoms with van der Waals surface area (Å²) in [6.07, 6.45) is 7.64. The van der Waals surface area contributed by atoms with Crippen LogP contribution in [0.2, 0.25) is 0 Å². The molecule has 7 heteroatoms. The number of thiazole rings is 1. The van der Waals surface area contributed by atoms with Crippen LogP contribution in [0, 0.1) is 0 Å². The van der Waals surface area contributed by atoms with Crippen LogP contribution in [0.4, 0.5) is 5.82 Å². The molecular formula is C18H15N5OS. The molecule has 0 aliphatic heterocycles. The molecule has 4 heterocycles. The number of furan rings is 1. The molecule has 0 bridgehead atoms. The number of pyridine rings is 1. The molecule has 0 radical (unpaired) electrons. The van der Waals surface area contributed by atoms with Gasteiger partial charge in [0, 0.05) is 48.1 Å². The van der Waals surface area contributed by atoms with Crippen LogP contribution < -0.4 is 5.73 Å². The van der Waals surface area contributed by atoms with E-state index in [4.69, 9.17) is 10.2 Å². The zero-order valence-corrected chi connectivity index (χ0v) is 14.1. The van der Waals surface area contributed by atoms with Gasteiger partial charge in [0.25, 0.3) is 0 Å². The third-order valence-corrected chi connectivity index (χ3v) is 4.58. The maximum absolute atomic E-state index is 5.99. The molecule has 2 N–H and O–H groups in total. The molecule has 0 fully saturated rings. The van der Waals surface area contributed by atoms with Crippen molar-refractivity contribution in [3.05, 3.63) is 77.6 Å². The fourth-order valence-electron chi connectivity index (χ4n) is 2.72. The van der Waals surface area contributed by atoms with Crippen molar-refractivity contribution in [2.75, 3.05) is 5.73 Å². The summed E-state index contributed by atoms with van der Waals surface area (Å²) < 4.78 is 5.64. The van der Waals surface area contributed by atoms with Crippen LogP contribution in [0.25, 0.3) is 10.8 Å². The summed E-state index contributed by atoms with van der Waals surface area (Å²) in [5, 5.41) is 2.65. The van der Waals surface area contributed by atoms with E-state index in [-0.39, 0.29) is 5.92 Å². The van der Waals surface area contributed by atoms with Gasteiger partial charge < -0.3 is 10.2 Å². The number of nitrogens with zero attached hydrogens (tertiary/aromatic N) is 4. The first-order chi connectivity index (χ1) is 12.3. The number of nitrogen functional groups attached to an aromatic ring is 1. The lowest BCUT2D eigenvalue weighted by Crippen LogP contribution is -2.08. The second-order valence-corrected chi connectivity index (χ2v) is 6.40. The molecule has 4 aromatic heterocycles. The Balaban J connectivity index is 1.71. The Kier molecular flexibility index (Phi) is 4.22. The highest BCUT2D eigenvalue weighted by atomic mass is 32.1. The minimum atomic E-state index is 0.00199. The van der Waals surface area contributed by atoms with Crippen molar-refractivity contribution in [2.45, 2.75) is 12.3 Å². The van der Waals surface area contributed by atoms with Gasteiger partial charge in [0.05, 0.1) is 6.26 Å². The monoisotopic (exact) mass is 349 g/mol. The molecule has 25 heavy (non-hydrogen) atoms. The van der Waals surface area contributed by atoms with Crippen molar-refractivity contribution < 1.29 is 4.42 Å². The lowest BCUT2D eigenvalue weighted by Gasteiger charge is -2.15. The summed E-state index contributed by atoms with van der Waals surface area (Å²) in [6.45, 7) is 0. The van der Waals surface area contributed by atoms with E-state index in [9.17, 15) is 0 Å². The number of anilines is 1. The fourth-order valence-corrected chi connectivity index (χ4v) is 3.29. The van der Waals surface area contributed by atoms with Gasteiger partial charge in [-0.2, -0.15) is 0 Å². The van der Waals surface area contributed by atoms with E-state index in [1.54, 1.807) is 24.7 Å². The third-order valence-electron chi connectivity index (χ3n) is 3.81. The molecule has 124 valence electrons. The third kappa shape index (κ3) is 3.41. The molecule has 0 spiro atoms. The second kappa shape index (κ2) is 6.82. The van der Waals surface area contributed by atoms with E-state index in [0.717, 1.165) is 22.0 Å². The maximum Gasteiger partial charge on any atom is 0.190 e. The molecule has 6 nitrogen and oxygen atoms in total. The van der Waals surface area contributed by atoms with Crippen LogP contribution in [0.1, 0.15) is 22.9 Å². The molecule has 0 amide bonds. The van der Waals surface area contributed by atoms with Gasteiger partial charge in [0.1, 0.15) is 11.6 Å². The summed E-state index contributed by atoms with van der Waals surface area (Å²) in [6, 6.07) is 9.59. The maximum atomic E-state index is 5.99. The van der Waals surface area contributed by atoms with Gasteiger partial charge in [-0.15, -0.1) is 11.3 Å². The van der Waals surface area contributed by atoms with E-state index in [0.29, 0.717) is 18.1 Å². The Labute approximate surface area is 148 Å². The summed E-state index contributed by atoms with van der Waals surface area (Å²) in [5.74, 6) is 1.84. The smallest absolute Gasteiger partial charge is 0.190 e. The predicted octanol–water partition coefficient (Wildman–Crippen LogP) is 3.54. The first-order valence-corrected chi connectivity index (χ1v) is 8.64. The Morgan fingerprint density at radius 3 is 2.84 bits per heavy atom. The highest BCUT2D eigenvalue weighted by Gasteiger charge is 2.20. The number of aromatic nitrogens is 4. The molecule has 0 aliphatic rings. The molecule has 1 unspecified atom stereocenters. The summed E-state index contributed by atoms with van der Waals surface area (Å²) >= 11 is 1.49. The molecule has 1 atom stereocenters. The van der Waals surface area contributed by atoms with Crippen LogP contribution in [0.5, 0.6) is 0 Å². The van der Waals surface area contributed by atoms with Crippen molar-refractivity contribution in [1.82, 2.24) is 19.9 Å². The van der Waals surface area contributed by atoms with Gasteiger partial charge >= 0.3 is 0 Å². The Morgan fingerprint density at radius 2 is 2.12 bits per heavy atom. The minimum Gasteiger partial charge on any atom is -0.469 e. The van der Waals surface area contributed by atoms with Crippen molar-refractivity contribution in [3.63, 3.8) is 0 Å². The average Bonchev–Trinajstić information content (AvgIpc) is 3.33. The number of hydrogen-bond acceptors (Lipinski definition) is 7. The zero-order valence-electron chi connectivity index (χ0n) is 13.2. The van der Waals surface area contributed by atoms with E-state index in [1.807, 2.05) is 35.8 Å². The van der Waals surface area contributed by atoms with Gasteiger partial charge in [-0.05, 0) is 23.8 Å². The number of rotatable bonds is 5. The van der Waals surface area contributed by atoms with Crippen LogP contribution in [0.15, 0.2) is 65.0 Å².